The molecule has 2 saturated heterocycles. The van der Waals surface area contributed by atoms with Crippen LogP contribution in [0.2, 0.25) is 0 Å². The monoisotopic (exact) mass is 354 g/mol. The molecule has 0 aromatic carbocycles. The van der Waals surface area contributed by atoms with Gasteiger partial charge in [0.15, 0.2) is 0 Å². The lowest BCUT2D eigenvalue weighted by Gasteiger charge is -2.30. The van der Waals surface area contributed by atoms with Crippen LogP contribution in [0.4, 0.5) is 11.9 Å². The number of hydrogen-bond acceptors (Lipinski definition) is 7. The number of morpholine rings is 1. The average molecular weight is 354 g/mol. The van der Waals surface area contributed by atoms with Gasteiger partial charge in [0.25, 0.3) is 0 Å². The van der Waals surface area contributed by atoms with E-state index in [0.29, 0.717) is 0 Å². The molecule has 0 aliphatic carbocycles. The highest BCUT2D eigenvalue weighted by atomic mass is 16.5. The van der Waals surface area contributed by atoms with Crippen molar-refractivity contribution in [2.24, 2.45) is 5.92 Å². The third-order valence-corrected chi connectivity index (χ3v) is 5.25. The van der Waals surface area contributed by atoms with E-state index in [1.54, 1.807) is 0 Å². The summed E-state index contributed by atoms with van der Waals surface area (Å²) in [5.74, 6) is 2.37. The summed E-state index contributed by atoms with van der Waals surface area (Å²) in [7, 11) is 0. The number of ether oxygens (including phenoxy) is 1. The number of aromatic nitrogens is 4. The topological polar surface area (TPSA) is 67.3 Å². The Morgan fingerprint density at radius 2 is 1.65 bits per heavy atom. The Labute approximate surface area is 154 Å². The van der Waals surface area contributed by atoms with Crippen molar-refractivity contribution in [1.29, 1.82) is 0 Å². The molecule has 0 unspecified atom stereocenters. The van der Waals surface area contributed by atoms with Crippen molar-refractivity contribution in [2.45, 2.75) is 26.7 Å². The molecule has 0 spiro atoms. The Kier molecular flexibility index (Phi) is 4.97. The Balaban J connectivity index is 1.56. The van der Waals surface area contributed by atoms with Crippen LogP contribution in [-0.4, -0.2) is 59.3 Å². The molecule has 0 radical (unpaired) electrons. The Morgan fingerprint density at radius 3 is 2.38 bits per heavy atom. The highest BCUT2D eigenvalue weighted by Crippen LogP contribution is 2.25. The largest absolute Gasteiger partial charge is 0.378 e. The van der Waals surface area contributed by atoms with Crippen LogP contribution in [0.1, 0.15) is 25.5 Å². The summed E-state index contributed by atoms with van der Waals surface area (Å²) >= 11 is 0. The molecule has 2 aliphatic rings. The molecule has 138 valence electrons. The fourth-order valence-electron chi connectivity index (χ4n) is 3.48. The van der Waals surface area contributed by atoms with E-state index in [4.69, 9.17) is 14.7 Å². The highest BCUT2D eigenvalue weighted by molar-refractivity contribution is 5.62. The molecular weight excluding hydrogens is 328 g/mol. The van der Waals surface area contributed by atoms with Crippen LogP contribution in [0, 0.1) is 12.8 Å². The molecule has 7 heteroatoms. The first kappa shape index (κ1) is 17.1. The molecular formula is C19H26N6O. The summed E-state index contributed by atoms with van der Waals surface area (Å²) in [5, 5.41) is 0. The van der Waals surface area contributed by atoms with Crippen molar-refractivity contribution in [3.8, 4) is 11.3 Å². The lowest BCUT2D eigenvalue weighted by Crippen LogP contribution is -2.37. The summed E-state index contributed by atoms with van der Waals surface area (Å²) < 4.78 is 5.40. The van der Waals surface area contributed by atoms with Crippen LogP contribution in [-0.2, 0) is 4.74 Å². The molecule has 0 saturated carbocycles. The molecule has 2 aromatic rings. The lowest BCUT2D eigenvalue weighted by molar-refractivity contribution is 0.122. The van der Waals surface area contributed by atoms with Gasteiger partial charge in [0.2, 0.25) is 11.9 Å². The molecule has 26 heavy (non-hydrogen) atoms. The summed E-state index contributed by atoms with van der Waals surface area (Å²) in [6.45, 7) is 9.51. The van der Waals surface area contributed by atoms with Crippen molar-refractivity contribution < 1.29 is 4.74 Å². The molecule has 7 nitrogen and oxygen atoms in total. The molecule has 4 rings (SSSR count). The van der Waals surface area contributed by atoms with Crippen LogP contribution in [0.3, 0.4) is 0 Å². The first-order valence-electron chi connectivity index (χ1n) is 9.45. The first-order chi connectivity index (χ1) is 12.7. The van der Waals surface area contributed by atoms with E-state index in [1.807, 2.05) is 25.4 Å². The normalized spacial score (nSPS) is 19.0. The van der Waals surface area contributed by atoms with Gasteiger partial charge >= 0.3 is 0 Å². The second-order valence-electron chi connectivity index (χ2n) is 7.18. The SMILES string of the molecule is Cc1nc(N2CCOCC2)ncc1-c1ccnc(N2CCC(C)CC2)n1. The summed E-state index contributed by atoms with van der Waals surface area (Å²) in [4.78, 5) is 23.0. The van der Waals surface area contributed by atoms with Crippen molar-refractivity contribution >= 4 is 11.9 Å². The molecule has 0 amide bonds. The standard InChI is InChI=1S/C19H26N6O/c1-14-4-7-24(8-5-14)18-20-6-3-17(23-18)16-13-21-19(22-15(16)2)25-9-11-26-12-10-25/h3,6,13-14H,4-5,7-12H2,1-2H3. The number of aryl methyl sites for hydroxylation is 1. The van der Waals surface area contributed by atoms with Gasteiger partial charge in [-0.25, -0.2) is 19.9 Å². The second kappa shape index (κ2) is 7.53. The van der Waals surface area contributed by atoms with Crippen LogP contribution in [0.25, 0.3) is 11.3 Å². The number of nitrogens with zero attached hydrogens (tertiary/aromatic N) is 6. The number of anilines is 2. The van der Waals surface area contributed by atoms with Crippen molar-refractivity contribution in [3.05, 3.63) is 24.2 Å². The Morgan fingerprint density at radius 1 is 0.962 bits per heavy atom. The third-order valence-electron chi connectivity index (χ3n) is 5.25. The van der Waals surface area contributed by atoms with E-state index in [0.717, 1.165) is 74.2 Å². The van der Waals surface area contributed by atoms with Gasteiger partial charge in [-0.2, -0.15) is 0 Å². The highest BCUT2D eigenvalue weighted by Gasteiger charge is 2.19. The van der Waals surface area contributed by atoms with Gasteiger partial charge in [-0.3, -0.25) is 0 Å². The summed E-state index contributed by atoms with van der Waals surface area (Å²) in [5.41, 5.74) is 2.80. The molecule has 0 N–H and O–H groups in total. The fraction of sp³-hybridized carbons (Fsp3) is 0.579. The van der Waals surface area contributed by atoms with Gasteiger partial charge in [-0.1, -0.05) is 6.92 Å². The maximum absolute atomic E-state index is 5.40. The van der Waals surface area contributed by atoms with E-state index in [9.17, 15) is 0 Å². The van der Waals surface area contributed by atoms with Gasteiger partial charge in [-0.05, 0) is 31.7 Å². The van der Waals surface area contributed by atoms with E-state index >= 15 is 0 Å². The molecule has 0 bridgehead atoms. The van der Waals surface area contributed by atoms with Gasteiger partial charge in [0.05, 0.1) is 24.6 Å². The minimum atomic E-state index is 0.730. The number of rotatable bonds is 3. The lowest BCUT2D eigenvalue weighted by atomic mass is 10.00. The third kappa shape index (κ3) is 3.62. The molecule has 2 fully saturated rings. The Hall–Kier alpha value is -2.28. The predicted molar refractivity (Wildman–Crippen MR) is 101 cm³/mol. The number of piperidine rings is 1. The maximum Gasteiger partial charge on any atom is 0.225 e. The average Bonchev–Trinajstić information content (AvgIpc) is 2.69. The first-order valence-corrected chi connectivity index (χ1v) is 9.45. The summed E-state index contributed by atoms with van der Waals surface area (Å²) in [6, 6.07) is 1.94. The molecule has 4 heterocycles. The van der Waals surface area contributed by atoms with E-state index in [1.165, 1.54) is 12.8 Å². The quantitative estimate of drug-likeness (QED) is 0.838. The van der Waals surface area contributed by atoms with Gasteiger partial charge in [-0.15, -0.1) is 0 Å². The maximum atomic E-state index is 5.40. The zero-order valence-electron chi connectivity index (χ0n) is 15.6. The summed E-state index contributed by atoms with van der Waals surface area (Å²) in [6.07, 6.45) is 6.12. The van der Waals surface area contributed by atoms with E-state index in [2.05, 4.69) is 26.7 Å². The zero-order chi connectivity index (χ0) is 17.9. The van der Waals surface area contributed by atoms with Crippen LogP contribution in [0.15, 0.2) is 18.5 Å². The van der Waals surface area contributed by atoms with Crippen LogP contribution in [0.5, 0.6) is 0 Å². The van der Waals surface area contributed by atoms with Crippen molar-refractivity contribution in [1.82, 2.24) is 19.9 Å². The van der Waals surface area contributed by atoms with Crippen LogP contribution < -0.4 is 9.80 Å². The molecule has 0 atom stereocenters. The van der Waals surface area contributed by atoms with Gasteiger partial charge in [0, 0.05) is 44.1 Å². The molecule has 2 aliphatic heterocycles. The minimum Gasteiger partial charge on any atom is -0.378 e. The fourth-order valence-corrected chi connectivity index (χ4v) is 3.48. The predicted octanol–water partition coefficient (Wildman–Crippen LogP) is 2.31. The number of hydrogen-bond donors (Lipinski definition) is 0. The Bertz CT molecular complexity index is 753. The van der Waals surface area contributed by atoms with Crippen LogP contribution >= 0.6 is 0 Å². The van der Waals surface area contributed by atoms with Crippen molar-refractivity contribution in [2.75, 3.05) is 49.2 Å². The van der Waals surface area contributed by atoms with Crippen molar-refractivity contribution in [3.63, 3.8) is 0 Å². The smallest absolute Gasteiger partial charge is 0.225 e. The van der Waals surface area contributed by atoms with E-state index < -0.39 is 0 Å². The van der Waals surface area contributed by atoms with E-state index in [-0.39, 0.29) is 0 Å². The van der Waals surface area contributed by atoms with Gasteiger partial charge < -0.3 is 14.5 Å². The zero-order valence-corrected chi connectivity index (χ0v) is 15.6. The van der Waals surface area contributed by atoms with Gasteiger partial charge in [0.1, 0.15) is 0 Å². The molecule has 2 aromatic heterocycles. The minimum absolute atomic E-state index is 0.730. The second-order valence-corrected chi connectivity index (χ2v) is 7.18.